The van der Waals surface area contributed by atoms with Crippen LogP contribution >= 0.6 is 0 Å². The highest BCUT2D eigenvalue weighted by Crippen LogP contribution is 2.23. The van der Waals surface area contributed by atoms with Crippen molar-refractivity contribution in [2.24, 2.45) is 0 Å². The minimum atomic E-state index is -1.76. The Balaban J connectivity index is 2.69. The van der Waals surface area contributed by atoms with Crippen LogP contribution in [0.2, 0.25) is 19.6 Å². The van der Waals surface area contributed by atoms with Crippen LogP contribution in [0.15, 0.2) is 0 Å². The third-order valence-electron chi connectivity index (χ3n) is 2.31. The zero-order valence-electron chi connectivity index (χ0n) is 9.64. The van der Waals surface area contributed by atoms with E-state index in [0.29, 0.717) is 0 Å². The molecule has 0 aromatic heterocycles. The molecule has 1 fully saturated rings. The van der Waals surface area contributed by atoms with Crippen molar-refractivity contribution in [2.45, 2.75) is 38.2 Å². The summed E-state index contributed by atoms with van der Waals surface area (Å²) in [7, 11) is -1.76. The van der Waals surface area contributed by atoms with E-state index in [1.807, 2.05) is 19.6 Å². The molecule has 0 spiro atoms. The Kier molecular flexibility index (Phi) is 3.59. The lowest BCUT2D eigenvalue weighted by Crippen LogP contribution is -2.40. The van der Waals surface area contributed by atoms with Gasteiger partial charge < -0.3 is 14.6 Å². The standard InChI is InChI=1S/C9H17NO5Si/c1-16(2,3)15-6-4-7(8(11)12)10(5-6)9(13)14/h6-7H,4-5H2,1-3H3,(H,11,12)(H,13,14)/t6-,7+/m1/s1. The van der Waals surface area contributed by atoms with Crippen molar-refractivity contribution in [3.8, 4) is 0 Å². The first kappa shape index (κ1) is 13.0. The fourth-order valence-electron chi connectivity index (χ4n) is 1.83. The average molecular weight is 247 g/mol. The Morgan fingerprint density at radius 2 is 1.88 bits per heavy atom. The molecule has 2 atom stereocenters. The summed E-state index contributed by atoms with van der Waals surface area (Å²) < 4.78 is 5.73. The van der Waals surface area contributed by atoms with Gasteiger partial charge in [-0.25, -0.2) is 9.59 Å². The third kappa shape index (κ3) is 3.21. The second-order valence-electron chi connectivity index (χ2n) is 4.88. The van der Waals surface area contributed by atoms with Crippen molar-refractivity contribution in [1.29, 1.82) is 0 Å². The molecular weight excluding hydrogens is 230 g/mol. The molecule has 1 amide bonds. The van der Waals surface area contributed by atoms with E-state index in [4.69, 9.17) is 14.6 Å². The van der Waals surface area contributed by atoms with Gasteiger partial charge in [-0.15, -0.1) is 0 Å². The van der Waals surface area contributed by atoms with Gasteiger partial charge in [0, 0.05) is 13.0 Å². The van der Waals surface area contributed by atoms with Gasteiger partial charge in [-0.2, -0.15) is 0 Å². The monoisotopic (exact) mass is 247 g/mol. The average Bonchev–Trinajstić information content (AvgIpc) is 2.44. The molecule has 1 saturated heterocycles. The topological polar surface area (TPSA) is 87.1 Å². The molecule has 0 aliphatic carbocycles. The molecule has 1 aliphatic heterocycles. The highest BCUT2D eigenvalue weighted by Gasteiger charge is 2.41. The summed E-state index contributed by atoms with van der Waals surface area (Å²) in [6.45, 7) is 6.13. The number of carbonyl (C=O) groups is 2. The van der Waals surface area contributed by atoms with Crippen molar-refractivity contribution in [3.63, 3.8) is 0 Å². The number of carboxylic acid groups (broad SMARTS) is 2. The van der Waals surface area contributed by atoms with Crippen molar-refractivity contribution < 1.29 is 24.2 Å². The maximum Gasteiger partial charge on any atom is 0.408 e. The highest BCUT2D eigenvalue weighted by atomic mass is 28.4. The van der Waals surface area contributed by atoms with Gasteiger partial charge in [0.25, 0.3) is 0 Å². The first-order valence-corrected chi connectivity index (χ1v) is 8.51. The van der Waals surface area contributed by atoms with Gasteiger partial charge >= 0.3 is 12.1 Å². The molecule has 1 heterocycles. The van der Waals surface area contributed by atoms with Crippen LogP contribution in [0.1, 0.15) is 6.42 Å². The zero-order chi connectivity index (χ0) is 12.5. The van der Waals surface area contributed by atoms with E-state index in [-0.39, 0.29) is 19.1 Å². The molecule has 7 heteroatoms. The highest BCUT2D eigenvalue weighted by molar-refractivity contribution is 6.69. The van der Waals surface area contributed by atoms with Crippen LogP contribution in [0.25, 0.3) is 0 Å². The molecule has 2 N–H and O–H groups in total. The molecule has 0 saturated carbocycles. The van der Waals surface area contributed by atoms with Crippen LogP contribution in [0, 0.1) is 0 Å². The second-order valence-corrected chi connectivity index (χ2v) is 9.34. The molecule has 16 heavy (non-hydrogen) atoms. The van der Waals surface area contributed by atoms with Gasteiger partial charge in [-0.3, -0.25) is 4.90 Å². The first-order chi connectivity index (χ1) is 7.20. The van der Waals surface area contributed by atoms with Crippen molar-refractivity contribution >= 4 is 20.4 Å². The minimum absolute atomic E-state index is 0.149. The van der Waals surface area contributed by atoms with E-state index < -0.39 is 26.4 Å². The molecule has 1 rings (SSSR count). The Morgan fingerprint density at radius 1 is 1.31 bits per heavy atom. The molecule has 1 aliphatic rings. The van der Waals surface area contributed by atoms with E-state index in [1.165, 1.54) is 0 Å². The number of hydrogen-bond donors (Lipinski definition) is 2. The Bertz CT molecular complexity index is 279. The van der Waals surface area contributed by atoms with Crippen LogP contribution in [-0.4, -0.2) is 54.2 Å². The van der Waals surface area contributed by atoms with E-state index in [2.05, 4.69) is 0 Å². The second kappa shape index (κ2) is 4.42. The fourth-order valence-corrected chi connectivity index (χ4v) is 3.00. The van der Waals surface area contributed by atoms with Crippen LogP contribution in [0.4, 0.5) is 4.79 Å². The maximum atomic E-state index is 10.9. The van der Waals surface area contributed by atoms with E-state index in [9.17, 15) is 9.59 Å². The van der Waals surface area contributed by atoms with E-state index in [1.54, 1.807) is 0 Å². The fraction of sp³-hybridized carbons (Fsp3) is 0.778. The van der Waals surface area contributed by atoms with Crippen molar-refractivity contribution in [1.82, 2.24) is 4.90 Å². The van der Waals surface area contributed by atoms with Gasteiger partial charge in [-0.1, -0.05) is 0 Å². The van der Waals surface area contributed by atoms with E-state index in [0.717, 1.165) is 4.90 Å². The molecular formula is C9H17NO5Si. The Labute approximate surface area is 94.9 Å². The van der Waals surface area contributed by atoms with Crippen molar-refractivity contribution in [3.05, 3.63) is 0 Å². The molecule has 0 aromatic rings. The quantitative estimate of drug-likeness (QED) is 0.728. The minimum Gasteiger partial charge on any atom is -0.480 e. The van der Waals surface area contributed by atoms with Crippen LogP contribution in [0.5, 0.6) is 0 Å². The number of amides is 1. The number of rotatable bonds is 3. The summed E-state index contributed by atoms with van der Waals surface area (Å²) in [6, 6.07) is -0.973. The summed E-state index contributed by atoms with van der Waals surface area (Å²) in [5.74, 6) is -1.11. The number of hydrogen-bond acceptors (Lipinski definition) is 3. The summed E-state index contributed by atoms with van der Waals surface area (Å²) in [4.78, 5) is 22.7. The summed E-state index contributed by atoms with van der Waals surface area (Å²) in [5, 5.41) is 17.8. The van der Waals surface area contributed by atoms with Gasteiger partial charge in [0.1, 0.15) is 6.04 Å². The van der Waals surface area contributed by atoms with Crippen LogP contribution in [-0.2, 0) is 9.22 Å². The lowest BCUT2D eigenvalue weighted by atomic mass is 10.2. The lowest BCUT2D eigenvalue weighted by Gasteiger charge is -2.22. The molecule has 92 valence electrons. The normalized spacial score (nSPS) is 25.8. The van der Waals surface area contributed by atoms with Crippen LogP contribution < -0.4 is 0 Å². The number of likely N-dealkylation sites (tertiary alicyclic amines) is 1. The Morgan fingerprint density at radius 3 is 2.19 bits per heavy atom. The van der Waals surface area contributed by atoms with Gasteiger partial charge in [0.05, 0.1) is 6.10 Å². The van der Waals surface area contributed by atoms with Gasteiger partial charge in [-0.05, 0) is 19.6 Å². The molecule has 0 radical (unpaired) electrons. The predicted octanol–water partition coefficient (Wildman–Crippen LogP) is 1.04. The largest absolute Gasteiger partial charge is 0.480 e. The third-order valence-corrected chi connectivity index (χ3v) is 3.35. The molecule has 6 nitrogen and oxygen atoms in total. The number of carboxylic acids is 1. The predicted molar refractivity (Wildman–Crippen MR) is 59.0 cm³/mol. The first-order valence-electron chi connectivity index (χ1n) is 5.11. The summed E-state index contributed by atoms with van der Waals surface area (Å²) >= 11 is 0. The Hall–Kier alpha value is -1.08. The zero-order valence-corrected chi connectivity index (χ0v) is 10.6. The van der Waals surface area contributed by atoms with Gasteiger partial charge in [0.2, 0.25) is 0 Å². The smallest absolute Gasteiger partial charge is 0.408 e. The summed E-state index contributed by atoms with van der Waals surface area (Å²) in [6.07, 6.45) is -1.25. The summed E-state index contributed by atoms with van der Waals surface area (Å²) in [5.41, 5.74) is 0. The molecule has 0 aromatic carbocycles. The number of nitrogens with zero attached hydrogens (tertiary/aromatic N) is 1. The molecule has 0 unspecified atom stereocenters. The lowest BCUT2D eigenvalue weighted by molar-refractivity contribution is -0.141. The van der Waals surface area contributed by atoms with Crippen LogP contribution in [0.3, 0.4) is 0 Å². The van der Waals surface area contributed by atoms with E-state index >= 15 is 0 Å². The molecule has 0 bridgehead atoms. The number of aliphatic carboxylic acids is 1. The maximum absolute atomic E-state index is 10.9. The SMILES string of the molecule is C[Si](C)(C)O[C@@H]1C[C@@H](C(=O)O)N(C(=O)O)C1. The van der Waals surface area contributed by atoms with Gasteiger partial charge in [0.15, 0.2) is 8.32 Å². The van der Waals surface area contributed by atoms with Crippen molar-refractivity contribution in [2.75, 3.05) is 6.54 Å².